The number of phenols is 1. The average molecular weight is 384 g/mol. The maximum atomic E-state index is 12.6. The molecule has 150 valence electrons. The molecule has 28 heavy (non-hydrogen) atoms. The van der Waals surface area contributed by atoms with Crippen molar-refractivity contribution in [2.45, 2.75) is 71.6 Å². The quantitative estimate of drug-likeness (QED) is 0.722. The molecule has 1 aliphatic heterocycles. The van der Waals surface area contributed by atoms with Crippen molar-refractivity contribution in [2.24, 2.45) is 0 Å². The molecule has 5 nitrogen and oxygen atoms in total. The van der Waals surface area contributed by atoms with E-state index >= 15 is 0 Å². The van der Waals surface area contributed by atoms with E-state index in [1.54, 1.807) is 13.0 Å². The van der Waals surface area contributed by atoms with E-state index in [2.05, 4.69) is 0 Å². The summed E-state index contributed by atoms with van der Waals surface area (Å²) in [6, 6.07) is 5.38. The maximum absolute atomic E-state index is 12.6. The Balaban J connectivity index is 2.31. The Morgan fingerprint density at radius 2 is 1.50 bits per heavy atom. The first-order valence-electron chi connectivity index (χ1n) is 9.52. The zero-order valence-corrected chi connectivity index (χ0v) is 17.6. The molecule has 1 atom stereocenters. The molecular weight excluding hydrogens is 356 g/mol. The van der Waals surface area contributed by atoms with Crippen LogP contribution in [0.4, 0.5) is 0 Å². The van der Waals surface area contributed by atoms with Gasteiger partial charge in [0.05, 0.1) is 12.0 Å². The summed E-state index contributed by atoms with van der Waals surface area (Å²) in [5.41, 5.74) is 1.62. The predicted octanol–water partition coefficient (Wildman–Crippen LogP) is 4.69. The Labute approximate surface area is 165 Å². The normalized spacial score (nSPS) is 17.2. The van der Waals surface area contributed by atoms with Gasteiger partial charge in [-0.1, -0.05) is 53.7 Å². The lowest BCUT2D eigenvalue weighted by Gasteiger charge is -2.31. The molecule has 0 saturated heterocycles. The summed E-state index contributed by atoms with van der Waals surface area (Å²) in [7, 11) is 0. The van der Waals surface area contributed by atoms with Gasteiger partial charge in [-0.2, -0.15) is 0 Å². The zero-order valence-electron chi connectivity index (χ0n) is 17.6. The van der Waals surface area contributed by atoms with Crippen molar-refractivity contribution in [1.82, 2.24) is 0 Å². The maximum Gasteiger partial charge on any atom is 0.343 e. The van der Waals surface area contributed by atoms with Crippen molar-refractivity contribution in [3.63, 3.8) is 0 Å². The second-order valence-corrected chi connectivity index (χ2v) is 9.62. The van der Waals surface area contributed by atoms with Crippen LogP contribution in [0.2, 0.25) is 0 Å². The van der Waals surface area contributed by atoms with Crippen LogP contribution in [0.25, 0.3) is 0 Å². The van der Waals surface area contributed by atoms with Gasteiger partial charge in [-0.25, -0.2) is 4.79 Å². The molecule has 2 aromatic rings. The number of ether oxygens (including phenoxy) is 1. The Hall–Kier alpha value is -2.56. The van der Waals surface area contributed by atoms with E-state index in [9.17, 15) is 14.7 Å². The number of rotatable bonds is 1. The topological polar surface area (TPSA) is 76.7 Å². The highest BCUT2D eigenvalue weighted by molar-refractivity contribution is 5.77. The van der Waals surface area contributed by atoms with E-state index in [0.717, 1.165) is 16.7 Å². The van der Waals surface area contributed by atoms with E-state index in [4.69, 9.17) is 9.15 Å². The summed E-state index contributed by atoms with van der Waals surface area (Å²) in [4.78, 5) is 24.9. The van der Waals surface area contributed by atoms with E-state index in [1.807, 2.05) is 53.7 Å². The van der Waals surface area contributed by atoms with Gasteiger partial charge in [-0.05, 0) is 34.4 Å². The molecule has 0 fully saturated rings. The number of phenolic OH excluding ortho intramolecular Hbond substituents is 1. The molecule has 3 rings (SSSR count). The summed E-state index contributed by atoms with van der Waals surface area (Å²) in [6.45, 7) is 13.8. The minimum Gasteiger partial charge on any atom is -0.507 e. The molecule has 0 amide bonds. The summed E-state index contributed by atoms with van der Waals surface area (Å²) >= 11 is 0. The van der Waals surface area contributed by atoms with Crippen LogP contribution in [0.1, 0.15) is 81.9 Å². The molecule has 0 saturated carbocycles. The van der Waals surface area contributed by atoms with Crippen LogP contribution < -0.4 is 10.4 Å². The highest BCUT2D eigenvalue weighted by Gasteiger charge is 2.35. The summed E-state index contributed by atoms with van der Waals surface area (Å²) in [5.74, 6) is 0.0609. The number of carbonyl (C=O) groups excluding carboxylic acids is 1. The summed E-state index contributed by atoms with van der Waals surface area (Å²) < 4.78 is 10.6. The minimum atomic E-state index is -0.491. The van der Waals surface area contributed by atoms with Crippen LogP contribution >= 0.6 is 0 Å². The number of benzene rings is 1. The fraction of sp³-hybridized carbons (Fsp3) is 0.478. The van der Waals surface area contributed by atoms with Crippen molar-refractivity contribution in [3.8, 4) is 11.5 Å². The first-order chi connectivity index (χ1) is 12.8. The molecule has 1 aromatic heterocycles. The van der Waals surface area contributed by atoms with Crippen LogP contribution in [0.5, 0.6) is 11.5 Å². The van der Waals surface area contributed by atoms with Crippen LogP contribution in [0, 0.1) is 6.92 Å². The monoisotopic (exact) mass is 384 g/mol. The van der Waals surface area contributed by atoms with Gasteiger partial charge < -0.3 is 14.3 Å². The number of fused-ring (bicyclic) bond motifs is 1. The fourth-order valence-corrected chi connectivity index (χ4v) is 3.71. The molecular formula is C23H28O5. The molecule has 2 heterocycles. The van der Waals surface area contributed by atoms with E-state index in [1.165, 1.54) is 0 Å². The lowest BCUT2D eigenvalue weighted by atomic mass is 9.75. The van der Waals surface area contributed by atoms with Crippen LogP contribution in [0.15, 0.2) is 27.4 Å². The molecule has 1 aromatic carbocycles. The molecule has 5 heteroatoms. The number of carbonyl (C=O) groups is 1. The van der Waals surface area contributed by atoms with Gasteiger partial charge in [0.15, 0.2) is 0 Å². The summed E-state index contributed by atoms with van der Waals surface area (Å²) in [5, 5.41) is 10.9. The van der Waals surface area contributed by atoms with Crippen LogP contribution in [0.3, 0.4) is 0 Å². The van der Waals surface area contributed by atoms with Gasteiger partial charge in [-0.15, -0.1) is 0 Å². The van der Waals surface area contributed by atoms with Crippen molar-refractivity contribution in [3.05, 3.63) is 56.6 Å². The van der Waals surface area contributed by atoms with Gasteiger partial charge >= 0.3 is 11.6 Å². The SMILES string of the molecule is Cc1cc2c(c(=O)o1)[C@H](c1cc(C(C)(C)C)c(O)c(C(C)(C)C)c1)CC(=O)O2. The third-order valence-electron chi connectivity index (χ3n) is 5.17. The van der Waals surface area contributed by atoms with Gasteiger partial charge in [0.1, 0.15) is 17.3 Å². The molecule has 0 radical (unpaired) electrons. The Kier molecular flexibility index (Phi) is 4.69. The standard InChI is InChI=1S/C23H28O5/c1-12-8-17-19(21(26)27-12)14(11-18(24)28-17)13-9-15(22(2,3)4)20(25)16(10-13)23(5,6)7/h8-10,14,25H,11H2,1-7H3/t14-/m0/s1. The molecule has 0 bridgehead atoms. The van der Waals surface area contributed by atoms with Gasteiger partial charge in [0.25, 0.3) is 0 Å². The lowest BCUT2D eigenvalue weighted by molar-refractivity contribution is -0.135. The predicted molar refractivity (Wildman–Crippen MR) is 107 cm³/mol. The van der Waals surface area contributed by atoms with E-state index < -0.39 is 11.5 Å². The van der Waals surface area contributed by atoms with E-state index in [-0.39, 0.29) is 34.7 Å². The third-order valence-corrected chi connectivity index (χ3v) is 5.17. The Morgan fingerprint density at radius 3 is 2.00 bits per heavy atom. The van der Waals surface area contributed by atoms with Gasteiger partial charge in [0, 0.05) is 12.0 Å². The fourth-order valence-electron chi connectivity index (χ4n) is 3.71. The van der Waals surface area contributed by atoms with Crippen molar-refractivity contribution < 1.29 is 19.1 Å². The van der Waals surface area contributed by atoms with Crippen LogP contribution in [-0.2, 0) is 15.6 Å². The Morgan fingerprint density at radius 1 is 0.964 bits per heavy atom. The van der Waals surface area contributed by atoms with Crippen molar-refractivity contribution >= 4 is 5.97 Å². The molecule has 1 N–H and O–H groups in total. The number of hydrogen-bond acceptors (Lipinski definition) is 5. The second kappa shape index (κ2) is 6.50. The largest absolute Gasteiger partial charge is 0.507 e. The first kappa shape index (κ1) is 20.2. The lowest BCUT2D eigenvalue weighted by Crippen LogP contribution is -2.27. The van der Waals surface area contributed by atoms with Crippen LogP contribution in [-0.4, -0.2) is 11.1 Å². The zero-order chi connectivity index (χ0) is 21.0. The number of aromatic hydroxyl groups is 1. The second-order valence-electron chi connectivity index (χ2n) is 9.62. The number of hydrogen-bond donors (Lipinski definition) is 1. The average Bonchev–Trinajstić information content (AvgIpc) is 2.51. The molecule has 0 spiro atoms. The smallest absolute Gasteiger partial charge is 0.343 e. The van der Waals surface area contributed by atoms with Crippen molar-refractivity contribution in [1.29, 1.82) is 0 Å². The Bertz CT molecular complexity index is 964. The number of aryl methyl sites for hydroxylation is 1. The van der Waals surface area contributed by atoms with Gasteiger partial charge in [0.2, 0.25) is 0 Å². The molecule has 1 aliphatic rings. The van der Waals surface area contributed by atoms with Crippen molar-refractivity contribution in [2.75, 3.05) is 0 Å². The highest BCUT2D eigenvalue weighted by atomic mass is 16.5. The van der Waals surface area contributed by atoms with E-state index in [0.29, 0.717) is 11.3 Å². The third kappa shape index (κ3) is 3.58. The molecule has 0 unspecified atom stereocenters. The molecule has 0 aliphatic carbocycles. The first-order valence-corrected chi connectivity index (χ1v) is 9.52. The highest BCUT2D eigenvalue weighted by Crippen LogP contribution is 2.44. The number of esters is 1. The van der Waals surface area contributed by atoms with Gasteiger partial charge in [-0.3, -0.25) is 4.79 Å². The minimum absolute atomic E-state index is 0.0543. The summed E-state index contributed by atoms with van der Waals surface area (Å²) in [6.07, 6.45) is 0.0543.